The molecule has 1 aliphatic rings. The minimum Gasteiger partial charge on any atom is -0.493 e. The van der Waals surface area contributed by atoms with Crippen LogP contribution in [-0.4, -0.2) is 73.7 Å². The summed E-state index contributed by atoms with van der Waals surface area (Å²) in [6.45, 7) is 0.695. The van der Waals surface area contributed by atoms with Gasteiger partial charge in [0.1, 0.15) is 6.33 Å². The lowest BCUT2D eigenvalue weighted by atomic mass is 10.1. The lowest BCUT2D eigenvalue weighted by Gasteiger charge is -2.30. The van der Waals surface area contributed by atoms with Crippen LogP contribution in [0.5, 0.6) is 17.2 Å². The van der Waals surface area contributed by atoms with E-state index in [9.17, 15) is 13.2 Å². The van der Waals surface area contributed by atoms with Gasteiger partial charge >= 0.3 is 0 Å². The molecule has 0 unspecified atom stereocenters. The molecular formula is C20H26N4O6S. The van der Waals surface area contributed by atoms with Crippen LogP contribution in [-0.2, 0) is 21.7 Å². The number of hydrogen-bond acceptors (Lipinski definition) is 8. The van der Waals surface area contributed by atoms with Crippen LogP contribution in [0, 0.1) is 0 Å². The number of carbonyl (C=O) groups is 1. The lowest BCUT2D eigenvalue weighted by molar-refractivity contribution is -0.126. The number of aryl methyl sites for hydroxylation is 1. The van der Waals surface area contributed by atoms with Gasteiger partial charge in [0.2, 0.25) is 26.7 Å². The number of likely N-dealkylation sites (tertiary alicyclic amines) is 1. The number of nitrogens with zero attached hydrogens (tertiary/aromatic N) is 4. The third-order valence-electron chi connectivity index (χ3n) is 5.22. The van der Waals surface area contributed by atoms with Crippen molar-refractivity contribution in [1.29, 1.82) is 0 Å². The second-order valence-corrected chi connectivity index (χ2v) is 9.21. The average Bonchev–Trinajstić information content (AvgIpc) is 3.23. The smallest absolute Gasteiger partial charge is 0.249 e. The Morgan fingerprint density at radius 1 is 1.10 bits per heavy atom. The molecule has 0 radical (unpaired) electrons. The van der Waals surface area contributed by atoms with E-state index in [2.05, 4.69) is 10.2 Å². The van der Waals surface area contributed by atoms with Gasteiger partial charge in [-0.3, -0.25) is 4.79 Å². The molecular weight excluding hydrogens is 424 g/mol. The third-order valence-corrected chi connectivity index (χ3v) is 7.45. The van der Waals surface area contributed by atoms with Crippen LogP contribution in [0.1, 0.15) is 18.4 Å². The van der Waals surface area contributed by atoms with Crippen molar-refractivity contribution < 1.29 is 27.4 Å². The molecule has 1 aromatic heterocycles. The Bertz CT molecular complexity index is 1050. The molecule has 31 heavy (non-hydrogen) atoms. The molecule has 10 nitrogen and oxygen atoms in total. The largest absolute Gasteiger partial charge is 0.493 e. The van der Waals surface area contributed by atoms with Crippen LogP contribution in [0.15, 0.2) is 29.7 Å². The summed E-state index contributed by atoms with van der Waals surface area (Å²) in [4.78, 5) is 14.3. The predicted molar refractivity (Wildman–Crippen MR) is 113 cm³/mol. The van der Waals surface area contributed by atoms with E-state index in [0.717, 1.165) is 0 Å². The number of sulfone groups is 1. The number of ether oxygens (including phenoxy) is 3. The van der Waals surface area contributed by atoms with Crippen LogP contribution in [0.4, 0.5) is 0 Å². The number of benzene rings is 1. The highest BCUT2D eigenvalue weighted by Crippen LogP contribution is 2.38. The quantitative estimate of drug-likeness (QED) is 0.581. The summed E-state index contributed by atoms with van der Waals surface area (Å²) in [5.41, 5.74) is 0.711. The molecule has 2 aromatic rings. The SMILES string of the molecule is COc1cc(/C=C/C(=O)N2CCC(S(=O)(=O)c3nncn3C)CC2)cc(OC)c1OC. The van der Waals surface area contributed by atoms with Gasteiger partial charge in [0.15, 0.2) is 11.5 Å². The van der Waals surface area contributed by atoms with Crippen LogP contribution >= 0.6 is 0 Å². The van der Waals surface area contributed by atoms with Gasteiger partial charge in [0.05, 0.1) is 26.6 Å². The Morgan fingerprint density at radius 3 is 2.19 bits per heavy atom. The van der Waals surface area contributed by atoms with Crippen molar-refractivity contribution in [3.63, 3.8) is 0 Å². The van der Waals surface area contributed by atoms with Gasteiger partial charge in [-0.25, -0.2) is 8.42 Å². The summed E-state index contributed by atoms with van der Waals surface area (Å²) in [5.74, 6) is 1.26. The van der Waals surface area contributed by atoms with Crippen molar-refractivity contribution in [3.8, 4) is 17.2 Å². The first-order chi connectivity index (χ1) is 14.8. The molecule has 0 bridgehead atoms. The maximum absolute atomic E-state index is 12.8. The molecule has 1 fully saturated rings. The van der Waals surface area contributed by atoms with Gasteiger partial charge < -0.3 is 23.7 Å². The summed E-state index contributed by atoms with van der Waals surface area (Å²) in [5, 5.41) is 6.75. The van der Waals surface area contributed by atoms with E-state index in [1.807, 2.05) is 0 Å². The molecule has 1 saturated heterocycles. The normalized spacial score (nSPS) is 15.3. The highest BCUT2D eigenvalue weighted by Gasteiger charge is 2.35. The van der Waals surface area contributed by atoms with Crippen molar-refractivity contribution in [2.24, 2.45) is 7.05 Å². The Hall–Kier alpha value is -3.08. The Morgan fingerprint density at radius 2 is 1.71 bits per heavy atom. The summed E-state index contributed by atoms with van der Waals surface area (Å²) < 4.78 is 42.8. The molecule has 0 atom stereocenters. The predicted octanol–water partition coefficient (Wildman–Crippen LogP) is 1.32. The Kier molecular flexibility index (Phi) is 6.84. The first kappa shape index (κ1) is 22.6. The average molecular weight is 451 g/mol. The standard InChI is InChI=1S/C20H26N4O6S/c1-23-13-21-22-20(23)31(26,27)15-7-9-24(10-8-15)18(25)6-5-14-11-16(28-2)19(30-4)17(12-14)29-3/h5-6,11-13,15H,7-10H2,1-4H3/b6-5+. The van der Waals surface area contributed by atoms with E-state index < -0.39 is 15.1 Å². The molecule has 0 N–H and O–H groups in total. The van der Waals surface area contributed by atoms with E-state index in [1.165, 1.54) is 38.3 Å². The topological polar surface area (TPSA) is 113 Å². The fraction of sp³-hybridized carbons (Fsp3) is 0.450. The number of methoxy groups -OCH3 is 3. The summed E-state index contributed by atoms with van der Waals surface area (Å²) in [6.07, 6.45) is 5.17. The van der Waals surface area contributed by atoms with Crippen LogP contribution in [0.3, 0.4) is 0 Å². The number of aromatic nitrogens is 3. The molecule has 1 aromatic carbocycles. The van der Waals surface area contributed by atoms with E-state index in [1.54, 1.807) is 30.2 Å². The number of carbonyl (C=O) groups excluding carboxylic acids is 1. The van der Waals surface area contributed by atoms with E-state index in [4.69, 9.17) is 14.2 Å². The molecule has 1 amide bonds. The van der Waals surface area contributed by atoms with E-state index in [0.29, 0.717) is 48.7 Å². The third kappa shape index (κ3) is 4.66. The minimum atomic E-state index is -3.58. The summed E-state index contributed by atoms with van der Waals surface area (Å²) in [6, 6.07) is 3.48. The molecule has 0 aliphatic carbocycles. The molecule has 168 valence electrons. The van der Waals surface area contributed by atoms with Gasteiger partial charge in [-0.15, -0.1) is 10.2 Å². The van der Waals surface area contributed by atoms with Crippen molar-refractivity contribution >= 4 is 21.8 Å². The zero-order valence-corrected chi connectivity index (χ0v) is 18.8. The molecule has 0 spiro atoms. The van der Waals surface area contributed by atoms with Gasteiger partial charge in [-0.05, 0) is 36.6 Å². The fourth-order valence-corrected chi connectivity index (χ4v) is 5.28. The highest BCUT2D eigenvalue weighted by molar-refractivity contribution is 7.91. The molecule has 0 saturated carbocycles. The first-order valence-electron chi connectivity index (χ1n) is 9.66. The molecule has 1 aliphatic heterocycles. The number of rotatable bonds is 7. The maximum Gasteiger partial charge on any atom is 0.249 e. The Labute approximate surface area is 181 Å². The summed E-state index contributed by atoms with van der Waals surface area (Å²) in [7, 11) is 2.58. The van der Waals surface area contributed by atoms with E-state index >= 15 is 0 Å². The van der Waals surface area contributed by atoms with Crippen LogP contribution < -0.4 is 14.2 Å². The van der Waals surface area contributed by atoms with Crippen LogP contribution in [0.2, 0.25) is 0 Å². The van der Waals surface area contributed by atoms with E-state index in [-0.39, 0.29) is 11.1 Å². The number of amides is 1. The number of piperidine rings is 1. The zero-order valence-electron chi connectivity index (χ0n) is 17.9. The number of hydrogen-bond donors (Lipinski definition) is 0. The van der Waals surface area contributed by atoms with Gasteiger partial charge in [0.25, 0.3) is 0 Å². The molecule has 11 heteroatoms. The highest BCUT2D eigenvalue weighted by atomic mass is 32.2. The van der Waals surface area contributed by atoms with Gasteiger partial charge in [0, 0.05) is 26.2 Å². The first-order valence-corrected chi connectivity index (χ1v) is 11.2. The fourth-order valence-electron chi connectivity index (χ4n) is 3.54. The van der Waals surface area contributed by atoms with Crippen molar-refractivity contribution in [2.45, 2.75) is 23.2 Å². The molecule has 3 rings (SSSR count). The minimum absolute atomic E-state index is 0.0421. The van der Waals surface area contributed by atoms with Crippen molar-refractivity contribution in [3.05, 3.63) is 30.1 Å². The lowest BCUT2D eigenvalue weighted by Crippen LogP contribution is -2.42. The second-order valence-electron chi connectivity index (χ2n) is 7.09. The zero-order chi connectivity index (χ0) is 22.6. The van der Waals surface area contributed by atoms with Crippen molar-refractivity contribution in [1.82, 2.24) is 19.7 Å². The maximum atomic E-state index is 12.8. The van der Waals surface area contributed by atoms with Gasteiger partial charge in [-0.1, -0.05) is 0 Å². The molecule has 2 heterocycles. The summed E-state index contributed by atoms with van der Waals surface area (Å²) >= 11 is 0. The van der Waals surface area contributed by atoms with Crippen molar-refractivity contribution in [2.75, 3.05) is 34.4 Å². The second kappa shape index (κ2) is 9.38. The van der Waals surface area contributed by atoms with Gasteiger partial charge in [-0.2, -0.15) is 0 Å². The monoisotopic (exact) mass is 450 g/mol. The van der Waals surface area contributed by atoms with Crippen LogP contribution in [0.25, 0.3) is 6.08 Å². The Balaban J connectivity index is 1.67.